The molecular formula is C22H21N3O2. The Morgan fingerprint density at radius 2 is 1.85 bits per heavy atom. The fourth-order valence-corrected chi connectivity index (χ4v) is 3.32. The molecule has 136 valence electrons. The summed E-state index contributed by atoms with van der Waals surface area (Å²) in [5.41, 5.74) is 4.69. The van der Waals surface area contributed by atoms with Gasteiger partial charge in [-0.15, -0.1) is 0 Å². The smallest absolute Gasteiger partial charge is 0.272 e. The Morgan fingerprint density at radius 1 is 1.04 bits per heavy atom. The first-order chi connectivity index (χ1) is 13.2. The van der Waals surface area contributed by atoms with Crippen molar-refractivity contribution in [3.8, 4) is 5.75 Å². The minimum Gasteiger partial charge on any atom is -0.497 e. The third kappa shape index (κ3) is 3.77. The van der Waals surface area contributed by atoms with Gasteiger partial charge in [0.05, 0.1) is 7.11 Å². The Morgan fingerprint density at radius 3 is 2.70 bits per heavy atom. The number of carbonyl (C=O) groups is 1. The van der Waals surface area contributed by atoms with Crippen LogP contribution < -0.4 is 10.1 Å². The van der Waals surface area contributed by atoms with E-state index in [0.29, 0.717) is 18.8 Å². The molecule has 0 unspecified atom stereocenters. The number of fused-ring (bicyclic) bond motifs is 1. The zero-order valence-electron chi connectivity index (χ0n) is 15.2. The van der Waals surface area contributed by atoms with E-state index in [-0.39, 0.29) is 5.91 Å². The number of aromatic nitrogens is 1. The number of carbonyl (C=O) groups excluding carboxylic acids is 1. The van der Waals surface area contributed by atoms with Crippen molar-refractivity contribution in [1.29, 1.82) is 0 Å². The Kier molecular flexibility index (Phi) is 4.75. The fourth-order valence-electron chi connectivity index (χ4n) is 3.32. The van der Waals surface area contributed by atoms with Crippen LogP contribution in [0.3, 0.4) is 0 Å². The SMILES string of the molecule is COc1cccc(Nc2ccnc(C(=O)N3CCc4ccccc4C3)c2)c1. The first-order valence-corrected chi connectivity index (χ1v) is 8.96. The highest BCUT2D eigenvalue weighted by atomic mass is 16.5. The molecule has 0 radical (unpaired) electrons. The highest BCUT2D eigenvalue weighted by Gasteiger charge is 2.22. The second-order valence-corrected chi connectivity index (χ2v) is 6.53. The van der Waals surface area contributed by atoms with E-state index in [4.69, 9.17) is 4.74 Å². The van der Waals surface area contributed by atoms with Gasteiger partial charge in [0.15, 0.2) is 0 Å². The molecule has 1 aliphatic heterocycles. The number of anilines is 2. The number of nitrogens with one attached hydrogen (secondary N) is 1. The minimum absolute atomic E-state index is 0.0428. The lowest BCUT2D eigenvalue weighted by Gasteiger charge is -2.28. The lowest BCUT2D eigenvalue weighted by Crippen LogP contribution is -2.36. The number of nitrogens with zero attached hydrogens (tertiary/aromatic N) is 2. The van der Waals surface area contributed by atoms with E-state index < -0.39 is 0 Å². The molecule has 0 atom stereocenters. The van der Waals surface area contributed by atoms with Gasteiger partial charge < -0.3 is 15.0 Å². The van der Waals surface area contributed by atoms with Gasteiger partial charge in [-0.05, 0) is 41.8 Å². The van der Waals surface area contributed by atoms with Crippen LogP contribution in [-0.2, 0) is 13.0 Å². The van der Waals surface area contributed by atoms with Crippen molar-refractivity contribution in [2.75, 3.05) is 19.0 Å². The summed E-state index contributed by atoms with van der Waals surface area (Å²) in [7, 11) is 1.64. The molecular weight excluding hydrogens is 338 g/mol. The number of methoxy groups -OCH3 is 1. The molecule has 0 fully saturated rings. The van der Waals surface area contributed by atoms with Crippen molar-refractivity contribution in [1.82, 2.24) is 9.88 Å². The van der Waals surface area contributed by atoms with Crippen LogP contribution in [0.4, 0.5) is 11.4 Å². The maximum atomic E-state index is 12.9. The summed E-state index contributed by atoms with van der Waals surface area (Å²) < 4.78 is 5.25. The number of amides is 1. The van der Waals surface area contributed by atoms with Crippen LogP contribution in [0.15, 0.2) is 66.9 Å². The topological polar surface area (TPSA) is 54.5 Å². The van der Waals surface area contributed by atoms with Crippen molar-refractivity contribution in [3.63, 3.8) is 0 Å². The maximum Gasteiger partial charge on any atom is 0.272 e. The first kappa shape index (κ1) is 17.1. The van der Waals surface area contributed by atoms with Crippen LogP contribution in [0.5, 0.6) is 5.75 Å². The second-order valence-electron chi connectivity index (χ2n) is 6.53. The van der Waals surface area contributed by atoms with E-state index in [1.165, 1.54) is 11.1 Å². The summed E-state index contributed by atoms with van der Waals surface area (Å²) in [4.78, 5) is 19.1. The molecule has 3 aromatic rings. The molecule has 1 N–H and O–H groups in total. The van der Waals surface area contributed by atoms with Crippen LogP contribution in [0.1, 0.15) is 21.6 Å². The van der Waals surface area contributed by atoms with E-state index in [2.05, 4.69) is 22.4 Å². The molecule has 27 heavy (non-hydrogen) atoms. The molecule has 0 saturated heterocycles. The summed E-state index contributed by atoms with van der Waals surface area (Å²) in [6.45, 7) is 1.34. The van der Waals surface area contributed by atoms with Gasteiger partial charge in [-0.25, -0.2) is 0 Å². The molecule has 0 spiro atoms. The molecule has 0 aliphatic carbocycles. The zero-order chi connectivity index (χ0) is 18.6. The summed E-state index contributed by atoms with van der Waals surface area (Å²) in [6, 6.07) is 19.6. The lowest BCUT2D eigenvalue weighted by atomic mass is 10.00. The number of rotatable bonds is 4. The number of benzene rings is 2. The lowest BCUT2D eigenvalue weighted by molar-refractivity contribution is 0.0729. The van der Waals surface area contributed by atoms with Gasteiger partial charge in [0.1, 0.15) is 11.4 Å². The quantitative estimate of drug-likeness (QED) is 0.764. The van der Waals surface area contributed by atoms with Crippen LogP contribution in [-0.4, -0.2) is 29.4 Å². The Labute approximate surface area is 158 Å². The Bertz CT molecular complexity index is 971. The van der Waals surface area contributed by atoms with Crippen molar-refractivity contribution in [3.05, 3.63) is 83.7 Å². The average molecular weight is 359 g/mol. The van der Waals surface area contributed by atoms with Gasteiger partial charge in [-0.1, -0.05) is 30.3 Å². The Hall–Kier alpha value is -3.34. The van der Waals surface area contributed by atoms with Crippen LogP contribution in [0, 0.1) is 0 Å². The van der Waals surface area contributed by atoms with Crippen LogP contribution in [0.25, 0.3) is 0 Å². The molecule has 1 aliphatic rings. The summed E-state index contributed by atoms with van der Waals surface area (Å²) in [5.74, 6) is 0.733. The van der Waals surface area contributed by atoms with Crippen molar-refractivity contribution in [2.24, 2.45) is 0 Å². The number of ether oxygens (including phenoxy) is 1. The molecule has 1 aromatic heterocycles. The molecule has 2 heterocycles. The molecule has 0 saturated carbocycles. The summed E-state index contributed by atoms with van der Waals surface area (Å²) >= 11 is 0. The standard InChI is InChI=1S/C22H21N3O2/c1-27-20-8-4-7-18(13-20)24-19-9-11-23-21(14-19)22(26)25-12-10-16-5-2-3-6-17(16)15-25/h2-9,11,13-14H,10,12,15H2,1H3,(H,23,24). The number of pyridine rings is 1. The van der Waals surface area contributed by atoms with Crippen molar-refractivity contribution < 1.29 is 9.53 Å². The first-order valence-electron chi connectivity index (χ1n) is 8.96. The predicted octanol–water partition coefficient (Wildman–Crippen LogP) is 4.03. The van der Waals surface area contributed by atoms with Crippen molar-refractivity contribution in [2.45, 2.75) is 13.0 Å². The van der Waals surface area contributed by atoms with E-state index >= 15 is 0 Å². The van der Waals surface area contributed by atoms with Gasteiger partial charge in [0.25, 0.3) is 5.91 Å². The number of hydrogen-bond donors (Lipinski definition) is 1. The van der Waals surface area contributed by atoms with E-state index in [1.54, 1.807) is 19.4 Å². The molecule has 5 nitrogen and oxygen atoms in total. The van der Waals surface area contributed by atoms with Gasteiger partial charge in [-0.2, -0.15) is 0 Å². The monoisotopic (exact) mass is 359 g/mol. The van der Waals surface area contributed by atoms with Crippen LogP contribution in [0.2, 0.25) is 0 Å². The van der Waals surface area contributed by atoms with Gasteiger partial charge in [-0.3, -0.25) is 9.78 Å². The molecule has 1 amide bonds. The van der Waals surface area contributed by atoms with Gasteiger partial charge in [0, 0.05) is 36.7 Å². The number of hydrogen-bond acceptors (Lipinski definition) is 4. The molecule has 4 rings (SSSR count). The summed E-state index contributed by atoms with van der Waals surface area (Å²) in [5, 5.41) is 3.30. The minimum atomic E-state index is -0.0428. The summed E-state index contributed by atoms with van der Waals surface area (Å²) in [6.07, 6.45) is 2.54. The van der Waals surface area contributed by atoms with E-state index in [0.717, 1.165) is 23.5 Å². The normalized spacial score (nSPS) is 13.0. The van der Waals surface area contributed by atoms with Crippen LogP contribution >= 0.6 is 0 Å². The second kappa shape index (κ2) is 7.50. The average Bonchev–Trinajstić information content (AvgIpc) is 2.73. The molecule has 5 heteroatoms. The fraction of sp³-hybridized carbons (Fsp3) is 0.182. The van der Waals surface area contributed by atoms with E-state index in [1.807, 2.05) is 47.4 Å². The predicted molar refractivity (Wildman–Crippen MR) is 105 cm³/mol. The maximum absolute atomic E-state index is 12.9. The van der Waals surface area contributed by atoms with Gasteiger partial charge >= 0.3 is 0 Å². The third-order valence-electron chi connectivity index (χ3n) is 4.76. The Balaban J connectivity index is 1.51. The third-order valence-corrected chi connectivity index (χ3v) is 4.76. The van der Waals surface area contributed by atoms with Crippen molar-refractivity contribution >= 4 is 17.3 Å². The zero-order valence-corrected chi connectivity index (χ0v) is 15.2. The largest absolute Gasteiger partial charge is 0.497 e. The van der Waals surface area contributed by atoms with Gasteiger partial charge in [0.2, 0.25) is 0 Å². The van der Waals surface area contributed by atoms with E-state index in [9.17, 15) is 4.79 Å². The molecule has 2 aromatic carbocycles. The molecule has 0 bridgehead atoms. The highest BCUT2D eigenvalue weighted by Crippen LogP contribution is 2.23. The highest BCUT2D eigenvalue weighted by molar-refractivity contribution is 5.93.